The fourth-order valence-corrected chi connectivity index (χ4v) is 5.06. The van der Waals surface area contributed by atoms with E-state index < -0.39 is 14.6 Å². The second-order valence-electron chi connectivity index (χ2n) is 6.67. The molecule has 3 rings (SSSR count). The van der Waals surface area contributed by atoms with Crippen molar-refractivity contribution in [2.75, 3.05) is 30.5 Å². The lowest BCUT2D eigenvalue weighted by atomic mass is 10.1. The highest BCUT2D eigenvalue weighted by molar-refractivity contribution is 7.92. The van der Waals surface area contributed by atoms with Crippen LogP contribution in [-0.2, 0) is 14.6 Å². The number of urea groups is 1. The SMILES string of the molecule is CNC(=O)Nc1ccc(-c2nc(N)cc(C3(S(=O)(=O)CCCO)CC3)n2)cc1. The fraction of sp³-hybridized carbons (Fsp3) is 0.389. The van der Waals surface area contributed by atoms with Gasteiger partial charge in [0.25, 0.3) is 0 Å². The summed E-state index contributed by atoms with van der Waals surface area (Å²) < 4.78 is 24.5. The third-order valence-corrected chi connectivity index (χ3v) is 7.35. The molecule has 1 aliphatic carbocycles. The van der Waals surface area contributed by atoms with E-state index in [2.05, 4.69) is 20.6 Å². The van der Waals surface area contributed by atoms with Gasteiger partial charge in [-0.15, -0.1) is 0 Å². The van der Waals surface area contributed by atoms with Crippen molar-refractivity contribution in [3.05, 3.63) is 36.0 Å². The molecule has 0 aliphatic heterocycles. The molecular weight excluding hydrogens is 382 g/mol. The summed E-state index contributed by atoms with van der Waals surface area (Å²) in [6, 6.07) is 8.02. The summed E-state index contributed by atoms with van der Waals surface area (Å²) in [7, 11) is -1.94. The van der Waals surface area contributed by atoms with Crippen LogP contribution in [0.4, 0.5) is 16.3 Å². The van der Waals surface area contributed by atoms with Gasteiger partial charge in [0, 0.05) is 31.0 Å². The Morgan fingerprint density at radius 1 is 1.25 bits per heavy atom. The summed E-state index contributed by atoms with van der Waals surface area (Å²) in [4.78, 5) is 20.1. The summed E-state index contributed by atoms with van der Waals surface area (Å²) in [6.07, 6.45) is 1.15. The first-order chi connectivity index (χ1) is 13.3. The maximum Gasteiger partial charge on any atom is 0.318 e. The Bertz CT molecular complexity index is 972. The van der Waals surface area contributed by atoms with Crippen LogP contribution in [-0.4, -0.2) is 48.9 Å². The molecule has 1 aliphatic rings. The van der Waals surface area contributed by atoms with Crippen molar-refractivity contribution in [2.24, 2.45) is 0 Å². The van der Waals surface area contributed by atoms with E-state index in [1.807, 2.05) is 0 Å². The van der Waals surface area contributed by atoms with E-state index in [1.165, 1.54) is 13.1 Å². The Kier molecular flexibility index (Phi) is 5.52. The van der Waals surface area contributed by atoms with Gasteiger partial charge in [-0.3, -0.25) is 0 Å². The van der Waals surface area contributed by atoms with Crippen molar-refractivity contribution in [3.8, 4) is 11.4 Å². The predicted molar refractivity (Wildman–Crippen MR) is 106 cm³/mol. The number of hydrogen-bond acceptors (Lipinski definition) is 7. The quantitative estimate of drug-likeness (QED) is 0.542. The molecule has 0 unspecified atom stereocenters. The number of nitrogens with zero attached hydrogens (tertiary/aromatic N) is 2. The molecule has 1 heterocycles. The first-order valence-electron chi connectivity index (χ1n) is 8.89. The molecule has 0 spiro atoms. The number of nitrogens with one attached hydrogen (secondary N) is 2. The Hall–Kier alpha value is -2.72. The molecule has 0 bridgehead atoms. The van der Waals surface area contributed by atoms with Crippen LogP contribution in [0.2, 0.25) is 0 Å². The number of rotatable bonds is 7. The molecule has 1 fully saturated rings. The maximum atomic E-state index is 12.8. The monoisotopic (exact) mass is 405 g/mol. The number of aliphatic hydroxyl groups excluding tert-OH is 1. The normalized spacial score (nSPS) is 15.1. The van der Waals surface area contributed by atoms with Gasteiger partial charge in [0.05, 0.1) is 11.4 Å². The lowest BCUT2D eigenvalue weighted by Crippen LogP contribution is -2.26. The number of carbonyl (C=O) groups excluding carboxylic acids is 1. The van der Waals surface area contributed by atoms with E-state index >= 15 is 0 Å². The Morgan fingerprint density at radius 2 is 1.93 bits per heavy atom. The van der Waals surface area contributed by atoms with E-state index in [1.54, 1.807) is 24.3 Å². The second kappa shape index (κ2) is 7.72. The minimum atomic E-state index is -3.46. The molecule has 28 heavy (non-hydrogen) atoms. The maximum absolute atomic E-state index is 12.8. The molecule has 2 amide bonds. The number of nitrogen functional groups attached to an aromatic ring is 1. The molecule has 0 saturated heterocycles. The average Bonchev–Trinajstić information content (AvgIpc) is 3.49. The first-order valence-corrected chi connectivity index (χ1v) is 10.5. The number of carbonyl (C=O) groups is 1. The van der Waals surface area contributed by atoms with Gasteiger partial charge in [0.2, 0.25) is 0 Å². The van der Waals surface area contributed by atoms with Gasteiger partial charge in [-0.2, -0.15) is 0 Å². The highest BCUT2D eigenvalue weighted by Gasteiger charge is 2.56. The van der Waals surface area contributed by atoms with Crippen molar-refractivity contribution < 1.29 is 18.3 Å². The lowest BCUT2D eigenvalue weighted by Gasteiger charge is -2.17. The zero-order valence-electron chi connectivity index (χ0n) is 15.5. The van der Waals surface area contributed by atoms with E-state index in [0.717, 1.165) is 0 Å². The number of sulfone groups is 1. The zero-order valence-corrected chi connectivity index (χ0v) is 16.3. The minimum absolute atomic E-state index is 0.0946. The largest absolute Gasteiger partial charge is 0.396 e. The van der Waals surface area contributed by atoms with Crippen LogP contribution in [0.25, 0.3) is 11.4 Å². The number of benzene rings is 1. The van der Waals surface area contributed by atoms with Crippen LogP contribution in [0.5, 0.6) is 0 Å². The van der Waals surface area contributed by atoms with Gasteiger partial charge in [0.15, 0.2) is 15.7 Å². The van der Waals surface area contributed by atoms with Gasteiger partial charge in [-0.05, 0) is 43.5 Å². The zero-order chi connectivity index (χ0) is 20.4. The van der Waals surface area contributed by atoms with Crippen LogP contribution >= 0.6 is 0 Å². The van der Waals surface area contributed by atoms with Gasteiger partial charge < -0.3 is 21.5 Å². The van der Waals surface area contributed by atoms with Crippen LogP contribution in [0.1, 0.15) is 25.0 Å². The molecule has 10 heteroatoms. The van der Waals surface area contributed by atoms with E-state index in [0.29, 0.717) is 35.6 Å². The van der Waals surface area contributed by atoms with Crippen LogP contribution < -0.4 is 16.4 Å². The smallest absolute Gasteiger partial charge is 0.318 e. The van der Waals surface area contributed by atoms with Crippen LogP contribution in [0.15, 0.2) is 30.3 Å². The highest BCUT2D eigenvalue weighted by atomic mass is 32.2. The highest BCUT2D eigenvalue weighted by Crippen LogP contribution is 2.53. The Labute approximate surface area is 163 Å². The lowest BCUT2D eigenvalue weighted by molar-refractivity contribution is 0.254. The van der Waals surface area contributed by atoms with Crippen molar-refractivity contribution in [1.82, 2.24) is 15.3 Å². The van der Waals surface area contributed by atoms with Crippen molar-refractivity contribution in [3.63, 3.8) is 0 Å². The van der Waals surface area contributed by atoms with E-state index in [-0.39, 0.29) is 30.6 Å². The number of aliphatic hydroxyl groups is 1. The first kappa shape index (κ1) is 20.0. The summed E-state index contributed by atoms with van der Waals surface area (Å²) >= 11 is 0. The molecule has 0 radical (unpaired) electrons. The Morgan fingerprint density at radius 3 is 2.50 bits per heavy atom. The van der Waals surface area contributed by atoms with E-state index in [4.69, 9.17) is 10.8 Å². The van der Waals surface area contributed by atoms with Crippen molar-refractivity contribution >= 4 is 27.4 Å². The van der Waals surface area contributed by atoms with Gasteiger partial charge >= 0.3 is 6.03 Å². The van der Waals surface area contributed by atoms with Crippen LogP contribution in [0, 0.1) is 0 Å². The topological polar surface area (TPSA) is 147 Å². The minimum Gasteiger partial charge on any atom is -0.396 e. The third-order valence-electron chi connectivity index (χ3n) is 4.71. The fourth-order valence-electron chi connectivity index (χ4n) is 3.01. The number of nitrogens with two attached hydrogens (primary N) is 1. The molecule has 1 saturated carbocycles. The molecule has 1 aromatic heterocycles. The molecule has 150 valence electrons. The predicted octanol–water partition coefficient (Wildman–Crippen LogP) is 1.26. The average molecular weight is 405 g/mol. The molecule has 2 aromatic rings. The molecular formula is C18H23N5O4S. The Balaban J connectivity index is 1.91. The van der Waals surface area contributed by atoms with Gasteiger partial charge in [0.1, 0.15) is 10.6 Å². The molecule has 5 N–H and O–H groups in total. The standard InChI is InChI=1S/C18H23N5O4S/c1-20-17(25)21-13-5-3-12(4-6-13)16-22-14(11-15(19)23-16)18(7-8-18)28(26,27)10-2-9-24/h3-6,11,24H,2,7-10H2,1H3,(H2,19,22,23)(H2,20,21,25). The summed E-state index contributed by atoms with van der Waals surface area (Å²) in [5.74, 6) is 0.420. The summed E-state index contributed by atoms with van der Waals surface area (Å²) in [6.45, 7) is -0.178. The molecule has 1 aromatic carbocycles. The molecule has 0 atom stereocenters. The number of aromatic nitrogens is 2. The number of amides is 2. The second-order valence-corrected chi connectivity index (χ2v) is 9.09. The van der Waals surface area contributed by atoms with Crippen molar-refractivity contribution in [2.45, 2.75) is 24.0 Å². The summed E-state index contributed by atoms with van der Waals surface area (Å²) in [5.41, 5.74) is 7.56. The third kappa shape index (κ3) is 3.92. The van der Waals surface area contributed by atoms with E-state index in [9.17, 15) is 13.2 Å². The number of anilines is 2. The van der Waals surface area contributed by atoms with Gasteiger partial charge in [-0.1, -0.05) is 0 Å². The summed E-state index contributed by atoms with van der Waals surface area (Å²) in [5, 5.41) is 14.1. The van der Waals surface area contributed by atoms with Crippen LogP contribution in [0.3, 0.4) is 0 Å². The van der Waals surface area contributed by atoms with Crippen molar-refractivity contribution in [1.29, 1.82) is 0 Å². The van der Waals surface area contributed by atoms with Gasteiger partial charge in [-0.25, -0.2) is 23.2 Å². The molecule has 9 nitrogen and oxygen atoms in total. The number of hydrogen-bond donors (Lipinski definition) is 4.